The fraction of sp³-hybridized carbons (Fsp3) is 0.654. The van der Waals surface area contributed by atoms with Crippen molar-refractivity contribution in [1.82, 2.24) is 0 Å². The van der Waals surface area contributed by atoms with Crippen LogP contribution in [0.25, 0.3) is 0 Å². The van der Waals surface area contributed by atoms with Crippen LogP contribution in [0, 0.1) is 0 Å². The first-order valence-corrected chi connectivity index (χ1v) is 12.1. The molecule has 0 aliphatic heterocycles. The molecular weight excluding hydrogens is 486 g/mol. The van der Waals surface area contributed by atoms with Crippen molar-refractivity contribution in [2.75, 3.05) is 41.2 Å². The molecule has 0 aliphatic rings. The second-order valence-electron chi connectivity index (χ2n) is 9.08. The molecule has 0 spiro atoms. The Morgan fingerprint density at radius 1 is 0.892 bits per heavy atom. The van der Waals surface area contributed by atoms with Gasteiger partial charge in [-0.1, -0.05) is 0 Å². The number of benzene rings is 1. The van der Waals surface area contributed by atoms with Crippen LogP contribution in [0.3, 0.4) is 0 Å². The van der Waals surface area contributed by atoms with Crippen LogP contribution in [-0.4, -0.2) is 76.3 Å². The van der Waals surface area contributed by atoms with Crippen LogP contribution < -0.4 is 19.9 Å². The lowest BCUT2D eigenvalue weighted by molar-refractivity contribution is -0.192. The lowest BCUT2D eigenvalue weighted by Gasteiger charge is -2.30. The third-order valence-corrected chi connectivity index (χ3v) is 5.19. The summed E-state index contributed by atoms with van der Waals surface area (Å²) in [6.07, 6.45) is -0.0630. The maximum Gasteiger partial charge on any atom is 0.350 e. The minimum atomic E-state index is -2.12. The molecule has 11 heteroatoms. The van der Waals surface area contributed by atoms with E-state index in [1.807, 2.05) is 0 Å². The van der Waals surface area contributed by atoms with Crippen molar-refractivity contribution in [3.8, 4) is 17.2 Å². The first-order chi connectivity index (χ1) is 17.4. The zero-order chi connectivity index (χ0) is 28.2. The molecule has 0 heterocycles. The molecule has 0 aromatic heterocycles. The number of methoxy groups -OCH3 is 3. The van der Waals surface area contributed by atoms with Gasteiger partial charge in [-0.2, -0.15) is 0 Å². The van der Waals surface area contributed by atoms with Crippen molar-refractivity contribution in [3.05, 3.63) is 17.7 Å². The van der Waals surface area contributed by atoms with Crippen LogP contribution in [0.1, 0.15) is 53.0 Å². The van der Waals surface area contributed by atoms with Gasteiger partial charge in [-0.3, -0.25) is 4.79 Å². The van der Waals surface area contributed by atoms with E-state index in [9.17, 15) is 14.4 Å². The summed E-state index contributed by atoms with van der Waals surface area (Å²) in [5.41, 5.74) is 3.89. The fourth-order valence-corrected chi connectivity index (χ4v) is 3.45. The lowest BCUT2D eigenvalue weighted by atomic mass is 9.94. The molecule has 0 amide bonds. The molecule has 37 heavy (non-hydrogen) atoms. The van der Waals surface area contributed by atoms with E-state index in [0.717, 1.165) is 5.56 Å². The lowest BCUT2D eigenvalue weighted by Crippen LogP contribution is -2.53. The molecule has 1 atom stereocenters. The average Bonchev–Trinajstić information content (AvgIpc) is 2.84. The van der Waals surface area contributed by atoms with Crippen LogP contribution in [0.2, 0.25) is 0 Å². The number of rotatable bonds is 15. The van der Waals surface area contributed by atoms with E-state index in [-0.39, 0.29) is 39.1 Å². The highest BCUT2D eigenvalue weighted by molar-refractivity contribution is 6.03. The Labute approximate surface area is 218 Å². The van der Waals surface area contributed by atoms with E-state index in [0.29, 0.717) is 17.2 Å². The number of nitrogens with two attached hydrogens (primary N) is 1. The van der Waals surface area contributed by atoms with Crippen LogP contribution in [0.15, 0.2) is 12.1 Å². The van der Waals surface area contributed by atoms with Crippen molar-refractivity contribution >= 4 is 17.9 Å². The number of ether oxygens (including phenoxy) is 7. The predicted octanol–water partition coefficient (Wildman–Crippen LogP) is 2.59. The van der Waals surface area contributed by atoms with Gasteiger partial charge >= 0.3 is 17.9 Å². The number of hydrogen-bond acceptors (Lipinski definition) is 11. The summed E-state index contributed by atoms with van der Waals surface area (Å²) < 4.78 is 37.7. The third kappa shape index (κ3) is 9.08. The van der Waals surface area contributed by atoms with Crippen LogP contribution in [0.5, 0.6) is 17.2 Å². The molecule has 0 saturated heterocycles. The summed E-state index contributed by atoms with van der Waals surface area (Å²) >= 11 is 0. The minimum absolute atomic E-state index is 0.00828. The summed E-state index contributed by atoms with van der Waals surface area (Å²) in [6.45, 7) is 8.30. The van der Waals surface area contributed by atoms with Gasteiger partial charge in [0, 0.05) is 6.42 Å². The van der Waals surface area contributed by atoms with Gasteiger partial charge in [0.15, 0.2) is 11.5 Å². The summed E-state index contributed by atoms with van der Waals surface area (Å²) in [4.78, 5) is 38.5. The molecule has 11 nitrogen and oxygen atoms in total. The standard InChI is InChI=1S/C26H41NO10/c1-9-34-23(29)26(24(30)35-10-2,13-11-18(27)22(28)37-25(3,4)5)36-14-12-17-15-19(31-6)21(33-8)20(16-17)32-7/h15-16,18H,9-14,27H2,1-8H3. The average molecular weight is 528 g/mol. The Kier molecular flexibility index (Phi) is 12.6. The van der Waals surface area contributed by atoms with Crippen LogP contribution in [0.4, 0.5) is 0 Å². The number of esters is 3. The smallest absolute Gasteiger partial charge is 0.350 e. The van der Waals surface area contributed by atoms with Gasteiger partial charge in [-0.15, -0.1) is 0 Å². The normalized spacial score (nSPS) is 12.4. The fourth-order valence-electron chi connectivity index (χ4n) is 3.45. The molecule has 0 bridgehead atoms. The summed E-state index contributed by atoms with van der Waals surface area (Å²) in [7, 11) is 4.49. The Bertz CT molecular complexity index is 866. The zero-order valence-corrected chi connectivity index (χ0v) is 23.1. The van der Waals surface area contributed by atoms with E-state index in [4.69, 9.17) is 38.9 Å². The Hall–Kier alpha value is -3.05. The van der Waals surface area contributed by atoms with Gasteiger partial charge in [0.05, 0.1) is 41.2 Å². The molecule has 2 N–H and O–H groups in total. The number of hydrogen-bond donors (Lipinski definition) is 1. The van der Waals surface area contributed by atoms with Crippen molar-refractivity contribution < 1.29 is 47.5 Å². The van der Waals surface area contributed by atoms with Gasteiger partial charge in [0.2, 0.25) is 5.75 Å². The Morgan fingerprint density at radius 3 is 1.81 bits per heavy atom. The second-order valence-corrected chi connectivity index (χ2v) is 9.08. The highest BCUT2D eigenvalue weighted by Gasteiger charge is 2.50. The monoisotopic (exact) mass is 527 g/mol. The van der Waals surface area contributed by atoms with Crippen LogP contribution >= 0.6 is 0 Å². The van der Waals surface area contributed by atoms with Crippen molar-refractivity contribution in [2.45, 2.75) is 71.1 Å². The van der Waals surface area contributed by atoms with Crippen molar-refractivity contribution in [1.29, 1.82) is 0 Å². The summed E-state index contributed by atoms with van der Waals surface area (Å²) in [5, 5.41) is 0. The topological polar surface area (TPSA) is 142 Å². The van der Waals surface area contributed by atoms with Gasteiger partial charge in [0.1, 0.15) is 11.6 Å². The van der Waals surface area contributed by atoms with Gasteiger partial charge in [-0.25, -0.2) is 9.59 Å². The molecule has 1 rings (SSSR count). The van der Waals surface area contributed by atoms with E-state index < -0.39 is 35.2 Å². The summed E-state index contributed by atoms with van der Waals surface area (Å²) in [5.74, 6) is -1.18. The predicted molar refractivity (Wildman–Crippen MR) is 135 cm³/mol. The molecule has 1 unspecified atom stereocenters. The second kappa shape index (κ2) is 14.6. The SMILES string of the molecule is CCOC(=O)C(CCC(N)C(=O)OC(C)(C)C)(OCCc1cc(OC)c(OC)c(OC)c1)C(=O)OCC. The van der Waals surface area contributed by atoms with E-state index >= 15 is 0 Å². The molecule has 0 aliphatic carbocycles. The maximum atomic E-state index is 13.1. The number of carbonyl (C=O) groups excluding carboxylic acids is 3. The summed E-state index contributed by atoms with van der Waals surface area (Å²) in [6, 6.07) is 2.38. The minimum Gasteiger partial charge on any atom is -0.493 e. The van der Waals surface area contributed by atoms with Crippen molar-refractivity contribution in [2.24, 2.45) is 5.73 Å². The Morgan fingerprint density at radius 2 is 1.41 bits per heavy atom. The quantitative estimate of drug-likeness (QED) is 0.204. The highest BCUT2D eigenvalue weighted by atomic mass is 16.6. The van der Waals surface area contributed by atoms with Gasteiger partial charge < -0.3 is 38.9 Å². The largest absolute Gasteiger partial charge is 0.493 e. The zero-order valence-electron chi connectivity index (χ0n) is 23.1. The van der Waals surface area contributed by atoms with Crippen molar-refractivity contribution in [3.63, 3.8) is 0 Å². The molecule has 0 fully saturated rings. The molecule has 210 valence electrons. The Balaban J connectivity index is 3.21. The molecule has 1 aromatic rings. The van der Waals surface area contributed by atoms with E-state index in [1.54, 1.807) is 46.8 Å². The highest BCUT2D eigenvalue weighted by Crippen LogP contribution is 2.38. The maximum absolute atomic E-state index is 13.1. The van der Waals surface area contributed by atoms with E-state index in [2.05, 4.69) is 0 Å². The van der Waals surface area contributed by atoms with E-state index in [1.165, 1.54) is 21.3 Å². The molecule has 1 aromatic carbocycles. The molecule has 0 saturated carbocycles. The molecular formula is C26H41NO10. The van der Waals surface area contributed by atoms with Gasteiger partial charge in [0.25, 0.3) is 5.60 Å². The first kappa shape index (κ1) is 32.0. The first-order valence-electron chi connectivity index (χ1n) is 12.1. The third-order valence-electron chi connectivity index (χ3n) is 5.19. The molecule has 0 radical (unpaired) electrons. The number of carbonyl (C=O) groups is 3. The van der Waals surface area contributed by atoms with Gasteiger partial charge in [-0.05, 0) is 65.2 Å². The van der Waals surface area contributed by atoms with Crippen LogP contribution in [-0.2, 0) is 39.8 Å².